The molecule has 2 aliphatic rings. The standard InChI is InChI=1S/C18H23N5O2/c1-13(16-20-15(21-25-16)14-5-3-2-4-6-14)22-9-11-23(12-10-22)17(24)18(19)7-8-18/h2-6,13H,7-12,19H2,1H3. The molecule has 0 bridgehead atoms. The number of hydrogen-bond acceptors (Lipinski definition) is 6. The van der Waals surface area contributed by atoms with Gasteiger partial charge in [-0.1, -0.05) is 35.5 Å². The summed E-state index contributed by atoms with van der Waals surface area (Å²) in [4.78, 5) is 21.0. The average Bonchev–Trinajstić information content (AvgIpc) is 3.22. The summed E-state index contributed by atoms with van der Waals surface area (Å²) in [5.41, 5.74) is 6.39. The smallest absolute Gasteiger partial charge is 0.244 e. The van der Waals surface area contributed by atoms with Gasteiger partial charge in [0.2, 0.25) is 17.6 Å². The number of rotatable bonds is 4. The number of amides is 1. The maximum absolute atomic E-state index is 12.3. The van der Waals surface area contributed by atoms with Gasteiger partial charge in [0.25, 0.3) is 0 Å². The number of nitrogens with two attached hydrogens (primary N) is 1. The fourth-order valence-corrected chi connectivity index (χ4v) is 3.24. The van der Waals surface area contributed by atoms with Crippen LogP contribution in [0, 0.1) is 0 Å². The molecular weight excluding hydrogens is 318 g/mol. The van der Waals surface area contributed by atoms with E-state index in [2.05, 4.69) is 22.0 Å². The van der Waals surface area contributed by atoms with Crippen molar-refractivity contribution >= 4 is 5.91 Å². The summed E-state index contributed by atoms with van der Waals surface area (Å²) in [7, 11) is 0. The summed E-state index contributed by atoms with van der Waals surface area (Å²) in [5, 5.41) is 4.09. The summed E-state index contributed by atoms with van der Waals surface area (Å²) in [6.07, 6.45) is 1.62. The first-order chi connectivity index (χ1) is 12.1. The molecule has 0 spiro atoms. The van der Waals surface area contributed by atoms with Gasteiger partial charge < -0.3 is 15.2 Å². The van der Waals surface area contributed by atoms with E-state index in [-0.39, 0.29) is 11.9 Å². The second-order valence-corrected chi connectivity index (χ2v) is 6.98. The van der Waals surface area contributed by atoms with Crippen molar-refractivity contribution in [3.8, 4) is 11.4 Å². The van der Waals surface area contributed by atoms with Crippen LogP contribution in [0.25, 0.3) is 11.4 Å². The fraction of sp³-hybridized carbons (Fsp3) is 0.500. The Balaban J connectivity index is 1.38. The molecule has 2 heterocycles. The zero-order valence-corrected chi connectivity index (χ0v) is 14.4. The van der Waals surface area contributed by atoms with Crippen molar-refractivity contribution in [2.24, 2.45) is 5.73 Å². The van der Waals surface area contributed by atoms with Gasteiger partial charge in [0.1, 0.15) is 0 Å². The molecule has 7 heteroatoms. The molecule has 7 nitrogen and oxygen atoms in total. The van der Waals surface area contributed by atoms with Crippen LogP contribution in [-0.4, -0.2) is 57.6 Å². The van der Waals surface area contributed by atoms with Crippen molar-refractivity contribution in [1.82, 2.24) is 19.9 Å². The molecule has 4 rings (SSSR count). The third kappa shape index (κ3) is 3.17. The number of piperazine rings is 1. The van der Waals surface area contributed by atoms with Crippen molar-refractivity contribution < 1.29 is 9.32 Å². The minimum absolute atomic E-state index is 0.0231. The molecule has 1 aliphatic heterocycles. The number of benzene rings is 1. The van der Waals surface area contributed by atoms with Crippen LogP contribution in [0.3, 0.4) is 0 Å². The van der Waals surface area contributed by atoms with E-state index in [1.165, 1.54) is 0 Å². The number of carbonyl (C=O) groups is 1. The molecule has 0 radical (unpaired) electrons. The van der Waals surface area contributed by atoms with Crippen molar-refractivity contribution in [2.75, 3.05) is 26.2 Å². The van der Waals surface area contributed by atoms with Crippen molar-refractivity contribution in [3.63, 3.8) is 0 Å². The van der Waals surface area contributed by atoms with Gasteiger partial charge >= 0.3 is 0 Å². The monoisotopic (exact) mass is 341 g/mol. The lowest BCUT2D eigenvalue weighted by atomic mass is 10.2. The highest BCUT2D eigenvalue weighted by Crippen LogP contribution is 2.34. The van der Waals surface area contributed by atoms with Crippen LogP contribution in [-0.2, 0) is 4.79 Å². The second-order valence-electron chi connectivity index (χ2n) is 6.98. The van der Waals surface area contributed by atoms with Crippen LogP contribution in [0.2, 0.25) is 0 Å². The number of aromatic nitrogens is 2. The molecular formula is C18H23N5O2. The van der Waals surface area contributed by atoms with Crippen LogP contribution < -0.4 is 5.73 Å². The summed E-state index contributed by atoms with van der Waals surface area (Å²) < 4.78 is 5.47. The van der Waals surface area contributed by atoms with Gasteiger partial charge in [-0.2, -0.15) is 4.98 Å². The molecule has 2 aromatic rings. The fourth-order valence-electron chi connectivity index (χ4n) is 3.24. The second kappa shape index (κ2) is 6.24. The molecule has 1 amide bonds. The zero-order valence-electron chi connectivity index (χ0n) is 14.4. The van der Waals surface area contributed by atoms with Gasteiger partial charge in [-0.3, -0.25) is 9.69 Å². The minimum atomic E-state index is -0.579. The highest BCUT2D eigenvalue weighted by molar-refractivity contribution is 5.89. The first-order valence-corrected chi connectivity index (χ1v) is 8.78. The van der Waals surface area contributed by atoms with Crippen molar-refractivity contribution in [2.45, 2.75) is 31.3 Å². The van der Waals surface area contributed by atoms with E-state index in [9.17, 15) is 4.79 Å². The van der Waals surface area contributed by atoms with Gasteiger partial charge in [-0.25, -0.2) is 0 Å². The first kappa shape index (κ1) is 16.2. The Morgan fingerprint density at radius 2 is 1.88 bits per heavy atom. The molecule has 1 saturated heterocycles. The summed E-state index contributed by atoms with van der Waals surface area (Å²) >= 11 is 0. The van der Waals surface area contributed by atoms with E-state index in [0.29, 0.717) is 24.8 Å². The largest absolute Gasteiger partial charge is 0.339 e. The van der Waals surface area contributed by atoms with Gasteiger partial charge in [0.05, 0.1) is 11.6 Å². The SMILES string of the molecule is CC(c1nc(-c2ccccc2)no1)N1CCN(C(=O)C2(N)CC2)CC1. The molecule has 1 aliphatic carbocycles. The van der Waals surface area contributed by atoms with Crippen molar-refractivity contribution in [1.29, 1.82) is 0 Å². The molecule has 2 N–H and O–H groups in total. The summed E-state index contributed by atoms with van der Waals surface area (Å²) in [6.45, 7) is 5.02. The van der Waals surface area contributed by atoms with Crippen LogP contribution in [0.4, 0.5) is 0 Å². The Morgan fingerprint density at radius 1 is 1.20 bits per heavy atom. The Kier molecular flexibility index (Phi) is 4.05. The maximum Gasteiger partial charge on any atom is 0.244 e. The molecule has 2 fully saturated rings. The third-order valence-electron chi connectivity index (χ3n) is 5.19. The van der Waals surface area contributed by atoms with E-state index in [1.807, 2.05) is 35.2 Å². The number of carbonyl (C=O) groups excluding carboxylic acids is 1. The van der Waals surface area contributed by atoms with Gasteiger partial charge in [0.15, 0.2) is 0 Å². The highest BCUT2D eigenvalue weighted by Gasteiger charge is 2.48. The van der Waals surface area contributed by atoms with E-state index >= 15 is 0 Å². The lowest BCUT2D eigenvalue weighted by Crippen LogP contribution is -2.54. The predicted molar refractivity (Wildman–Crippen MR) is 92.5 cm³/mol. The number of hydrogen-bond donors (Lipinski definition) is 1. The zero-order chi connectivity index (χ0) is 17.4. The third-order valence-corrected chi connectivity index (χ3v) is 5.19. The molecule has 132 valence electrons. The average molecular weight is 341 g/mol. The van der Waals surface area contributed by atoms with E-state index in [1.54, 1.807) is 0 Å². The van der Waals surface area contributed by atoms with Crippen molar-refractivity contribution in [3.05, 3.63) is 36.2 Å². The Labute approximate surface area is 146 Å². The van der Waals surface area contributed by atoms with Crippen LogP contribution >= 0.6 is 0 Å². The lowest BCUT2D eigenvalue weighted by molar-refractivity contribution is -0.135. The quantitative estimate of drug-likeness (QED) is 0.905. The Hall–Kier alpha value is -2.25. The molecule has 1 saturated carbocycles. The van der Waals surface area contributed by atoms with E-state index < -0.39 is 5.54 Å². The first-order valence-electron chi connectivity index (χ1n) is 8.78. The molecule has 1 unspecified atom stereocenters. The highest BCUT2D eigenvalue weighted by atomic mass is 16.5. The van der Waals surface area contributed by atoms with E-state index in [4.69, 9.17) is 10.3 Å². The van der Waals surface area contributed by atoms with Crippen LogP contribution in [0.1, 0.15) is 31.7 Å². The Morgan fingerprint density at radius 3 is 2.52 bits per heavy atom. The normalized spacial score (nSPS) is 21.1. The van der Waals surface area contributed by atoms with Crippen LogP contribution in [0.15, 0.2) is 34.9 Å². The van der Waals surface area contributed by atoms with Crippen LogP contribution in [0.5, 0.6) is 0 Å². The van der Waals surface area contributed by atoms with Gasteiger partial charge in [-0.15, -0.1) is 0 Å². The molecule has 25 heavy (non-hydrogen) atoms. The van der Waals surface area contributed by atoms with E-state index in [0.717, 1.165) is 31.5 Å². The predicted octanol–water partition coefficient (Wildman–Crippen LogP) is 1.43. The lowest BCUT2D eigenvalue weighted by Gasteiger charge is -2.37. The Bertz CT molecular complexity index is 748. The van der Waals surface area contributed by atoms with Gasteiger partial charge in [0, 0.05) is 31.7 Å². The molecule has 1 aromatic heterocycles. The summed E-state index contributed by atoms with van der Waals surface area (Å²) in [6, 6.07) is 9.81. The molecule has 1 atom stereocenters. The molecule has 1 aromatic carbocycles. The topological polar surface area (TPSA) is 88.5 Å². The maximum atomic E-state index is 12.3. The number of nitrogens with zero attached hydrogens (tertiary/aromatic N) is 4. The van der Waals surface area contributed by atoms with Gasteiger partial charge in [-0.05, 0) is 19.8 Å². The minimum Gasteiger partial charge on any atom is -0.339 e. The summed E-state index contributed by atoms with van der Waals surface area (Å²) in [5.74, 6) is 1.31.